The molecule has 1 rings (SSSR count). The molecule has 4 heteroatoms. The Kier molecular flexibility index (Phi) is 5.65. The van der Waals surface area contributed by atoms with Gasteiger partial charge in [-0.3, -0.25) is 4.79 Å². The third kappa shape index (κ3) is 5.14. The first-order chi connectivity index (χ1) is 7.22. The van der Waals surface area contributed by atoms with Gasteiger partial charge in [0.1, 0.15) is 0 Å². The second-order valence-electron chi connectivity index (χ2n) is 3.89. The maximum absolute atomic E-state index is 10.4. The van der Waals surface area contributed by atoms with Crippen LogP contribution in [0, 0.1) is 0 Å². The standard InChI is InChI=1S/C11H20O4/c1-2-9(6-7-10(12)13)15-11-5-3-4-8-14-11/h9,11H,2-8H2,1H3,(H,12,13). The molecule has 0 saturated carbocycles. The molecule has 1 fully saturated rings. The van der Waals surface area contributed by atoms with Crippen LogP contribution in [-0.4, -0.2) is 30.1 Å². The normalized spacial score (nSPS) is 23.7. The summed E-state index contributed by atoms with van der Waals surface area (Å²) in [5, 5.41) is 8.58. The lowest BCUT2D eigenvalue weighted by molar-refractivity contribution is -0.190. The van der Waals surface area contributed by atoms with Crippen LogP contribution in [0.25, 0.3) is 0 Å². The highest BCUT2D eigenvalue weighted by atomic mass is 16.7. The first kappa shape index (κ1) is 12.5. The molecule has 1 saturated heterocycles. The molecule has 1 N–H and O–H groups in total. The molecule has 0 spiro atoms. The van der Waals surface area contributed by atoms with Crippen molar-refractivity contribution >= 4 is 5.97 Å². The van der Waals surface area contributed by atoms with Crippen molar-refractivity contribution in [2.75, 3.05) is 6.61 Å². The van der Waals surface area contributed by atoms with Crippen LogP contribution in [0.15, 0.2) is 0 Å². The predicted molar refractivity (Wildman–Crippen MR) is 55.6 cm³/mol. The Labute approximate surface area is 90.6 Å². The zero-order valence-electron chi connectivity index (χ0n) is 9.28. The minimum absolute atomic E-state index is 0.0178. The lowest BCUT2D eigenvalue weighted by atomic mass is 10.1. The molecule has 0 aromatic heterocycles. The van der Waals surface area contributed by atoms with Crippen molar-refractivity contribution in [1.29, 1.82) is 0 Å². The quantitative estimate of drug-likeness (QED) is 0.739. The van der Waals surface area contributed by atoms with Crippen LogP contribution in [0.3, 0.4) is 0 Å². The number of hydrogen-bond donors (Lipinski definition) is 1. The first-order valence-corrected chi connectivity index (χ1v) is 5.71. The molecule has 0 aromatic rings. The number of rotatable bonds is 6. The largest absolute Gasteiger partial charge is 0.481 e. The first-order valence-electron chi connectivity index (χ1n) is 5.71. The number of aliphatic carboxylic acids is 1. The van der Waals surface area contributed by atoms with E-state index in [2.05, 4.69) is 0 Å². The fourth-order valence-electron chi connectivity index (χ4n) is 1.69. The topological polar surface area (TPSA) is 55.8 Å². The maximum atomic E-state index is 10.4. The predicted octanol–water partition coefficient (Wildman–Crippen LogP) is 2.17. The van der Waals surface area contributed by atoms with Gasteiger partial charge in [-0.05, 0) is 32.1 Å². The molecule has 1 aliphatic heterocycles. The van der Waals surface area contributed by atoms with Crippen LogP contribution in [0.5, 0.6) is 0 Å². The number of hydrogen-bond acceptors (Lipinski definition) is 3. The van der Waals surface area contributed by atoms with Gasteiger partial charge in [0.2, 0.25) is 0 Å². The smallest absolute Gasteiger partial charge is 0.303 e. The Bertz CT molecular complexity index is 187. The molecule has 2 atom stereocenters. The van der Waals surface area contributed by atoms with E-state index in [0.29, 0.717) is 6.42 Å². The molecule has 15 heavy (non-hydrogen) atoms. The van der Waals surface area contributed by atoms with Gasteiger partial charge in [-0.1, -0.05) is 6.92 Å². The van der Waals surface area contributed by atoms with Gasteiger partial charge in [0.15, 0.2) is 6.29 Å². The molecule has 1 aliphatic rings. The molecule has 4 nitrogen and oxygen atoms in total. The molecular weight excluding hydrogens is 196 g/mol. The van der Waals surface area contributed by atoms with Crippen molar-refractivity contribution in [3.8, 4) is 0 Å². The van der Waals surface area contributed by atoms with Gasteiger partial charge in [-0.2, -0.15) is 0 Å². The van der Waals surface area contributed by atoms with E-state index in [-0.39, 0.29) is 18.8 Å². The Balaban J connectivity index is 2.22. The lowest BCUT2D eigenvalue weighted by Gasteiger charge is -2.27. The van der Waals surface area contributed by atoms with Crippen molar-refractivity contribution in [2.24, 2.45) is 0 Å². The van der Waals surface area contributed by atoms with Gasteiger partial charge in [-0.15, -0.1) is 0 Å². The highest BCUT2D eigenvalue weighted by molar-refractivity contribution is 5.66. The minimum atomic E-state index is -0.762. The van der Waals surface area contributed by atoms with Gasteiger partial charge >= 0.3 is 5.97 Å². The summed E-state index contributed by atoms with van der Waals surface area (Å²) >= 11 is 0. The van der Waals surface area contributed by atoms with Crippen LogP contribution in [-0.2, 0) is 14.3 Å². The number of carboxylic acids is 1. The molecule has 0 amide bonds. The summed E-state index contributed by atoms with van der Waals surface area (Å²) in [5.41, 5.74) is 0. The van der Waals surface area contributed by atoms with E-state index in [9.17, 15) is 4.79 Å². The summed E-state index contributed by atoms with van der Waals surface area (Å²) in [5.74, 6) is -0.762. The summed E-state index contributed by atoms with van der Waals surface area (Å²) in [7, 11) is 0. The lowest BCUT2D eigenvalue weighted by Crippen LogP contribution is -2.28. The van der Waals surface area contributed by atoms with Gasteiger partial charge in [0.05, 0.1) is 6.10 Å². The van der Waals surface area contributed by atoms with Crippen molar-refractivity contribution in [3.63, 3.8) is 0 Å². The average Bonchev–Trinajstić information content (AvgIpc) is 2.25. The van der Waals surface area contributed by atoms with E-state index in [1.54, 1.807) is 0 Å². The summed E-state index contributed by atoms with van der Waals surface area (Å²) in [6.07, 6.45) is 4.67. The Morgan fingerprint density at radius 1 is 1.60 bits per heavy atom. The van der Waals surface area contributed by atoms with Crippen molar-refractivity contribution < 1.29 is 19.4 Å². The monoisotopic (exact) mass is 216 g/mol. The summed E-state index contributed by atoms with van der Waals surface area (Å²) in [6, 6.07) is 0. The maximum Gasteiger partial charge on any atom is 0.303 e. The Hall–Kier alpha value is -0.610. The molecule has 0 radical (unpaired) electrons. The number of ether oxygens (including phenoxy) is 2. The zero-order valence-corrected chi connectivity index (χ0v) is 9.28. The van der Waals surface area contributed by atoms with Gasteiger partial charge in [0, 0.05) is 13.0 Å². The van der Waals surface area contributed by atoms with Gasteiger partial charge in [0.25, 0.3) is 0 Å². The molecule has 0 bridgehead atoms. The average molecular weight is 216 g/mol. The third-order valence-electron chi connectivity index (χ3n) is 2.62. The van der Waals surface area contributed by atoms with E-state index in [4.69, 9.17) is 14.6 Å². The second kappa shape index (κ2) is 6.80. The summed E-state index contributed by atoms with van der Waals surface area (Å²) in [6.45, 7) is 2.77. The van der Waals surface area contributed by atoms with Crippen molar-refractivity contribution in [2.45, 2.75) is 57.8 Å². The van der Waals surface area contributed by atoms with Crippen LogP contribution >= 0.6 is 0 Å². The Morgan fingerprint density at radius 3 is 2.93 bits per heavy atom. The number of carboxylic acid groups (broad SMARTS) is 1. The van der Waals surface area contributed by atoms with Crippen LogP contribution in [0.1, 0.15) is 45.4 Å². The minimum Gasteiger partial charge on any atom is -0.481 e. The Morgan fingerprint density at radius 2 is 2.40 bits per heavy atom. The van der Waals surface area contributed by atoms with Gasteiger partial charge < -0.3 is 14.6 Å². The highest BCUT2D eigenvalue weighted by Gasteiger charge is 2.19. The van der Waals surface area contributed by atoms with Crippen molar-refractivity contribution in [3.05, 3.63) is 0 Å². The third-order valence-corrected chi connectivity index (χ3v) is 2.62. The molecule has 2 unspecified atom stereocenters. The number of carbonyl (C=O) groups is 1. The van der Waals surface area contributed by atoms with Crippen LogP contribution in [0.4, 0.5) is 0 Å². The van der Waals surface area contributed by atoms with E-state index >= 15 is 0 Å². The molecular formula is C11H20O4. The molecule has 0 aromatic carbocycles. The second-order valence-corrected chi connectivity index (χ2v) is 3.89. The zero-order chi connectivity index (χ0) is 11.1. The van der Waals surface area contributed by atoms with E-state index in [0.717, 1.165) is 32.3 Å². The van der Waals surface area contributed by atoms with Gasteiger partial charge in [-0.25, -0.2) is 0 Å². The molecule has 88 valence electrons. The van der Waals surface area contributed by atoms with E-state index in [1.807, 2.05) is 6.92 Å². The molecule has 0 aliphatic carbocycles. The summed E-state index contributed by atoms with van der Waals surface area (Å²) in [4.78, 5) is 10.4. The SMILES string of the molecule is CCC(CCC(=O)O)OC1CCCCO1. The highest BCUT2D eigenvalue weighted by Crippen LogP contribution is 2.18. The van der Waals surface area contributed by atoms with Crippen molar-refractivity contribution in [1.82, 2.24) is 0 Å². The summed E-state index contributed by atoms with van der Waals surface area (Å²) < 4.78 is 11.2. The molecule has 1 heterocycles. The van der Waals surface area contributed by atoms with E-state index < -0.39 is 5.97 Å². The fraction of sp³-hybridized carbons (Fsp3) is 0.909. The van der Waals surface area contributed by atoms with Crippen LogP contribution in [0.2, 0.25) is 0 Å². The van der Waals surface area contributed by atoms with Crippen LogP contribution < -0.4 is 0 Å². The fourth-order valence-corrected chi connectivity index (χ4v) is 1.69. The van der Waals surface area contributed by atoms with E-state index in [1.165, 1.54) is 0 Å².